The maximum atomic E-state index is 12.4. The molecule has 5 nitrogen and oxygen atoms in total. The number of ether oxygens (including phenoxy) is 3. The van der Waals surface area contributed by atoms with Crippen molar-refractivity contribution in [2.45, 2.75) is 33.0 Å². The molecule has 0 aromatic heterocycles. The van der Waals surface area contributed by atoms with Gasteiger partial charge in [0.1, 0.15) is 18.5 Å². The molecule has 5 heteroatoms. The summed E-state index contributed by atoms with van der Waals surface area (Å²) < 4.78 is 17.3. The van der Waals surface area contributed by atoms with Crippen LogP contribution in [0.2, 0.25) is 0 Å². The number of benzene rings is 2. The topological polar surface area (TPSA) is 56.8 Å². The zero-order valence-corrected chi connectivity index (χ0v) is 14.7. The van der Waals surface area contributed by atoms with E-state index in [2.05, 4.69) is 5.32 Å². The van der Waals surface area contributed by atoms with Crippen molar-refractivity contribution in [1.82, 2.24) is 5.32 Å². The lowest BCUT2D eigenvalue weighted by Crippen LogP contribution is -2.49. The van der Waals surface area contributed by atoms with Crippen molar-refractivity contribution in [3.63, 3.8) is 0 Å². The number of carbonyl (C=O) groups excluding carboxylic acids is 1. The summed E-state index contributed by atoms with van der Waals surface area (Å²) in [7, 11) is 0. The number of fused-ring (bicyclic) bond motifs is 1. The highest BCUT2D eigenvalue weighted by Crippen LogP contribution is 2.33. The lowest BCUT2D eigenvalue weighted by Gasteiger charge is -2.31. The van der Waals surface area contributed by atoms with Gasteiger partial charge in [-0.1, -0.05) is 30.3 Å². The molecular weight excluding hydrogens is 318 g/mol. The van der Waals surface area contributed by atoms with Gasteiger partial charge >= 0.3 is 0 Å². The second-order valence-electron chi connectivity index (χ2n) is 6.17. The Labute approximate surface area is 147 Å². The van der Waals surface area contributed by atoms with Crippen molar-refractivity contribution < 1.29 is 19.0 Å². The summed E-state index contributed by atoms with van der Waals surface area (Å²) in [6.45, 7) is 6.64. The fourth-order valence-electron chi connectivity index (χ4n) is 2.86. The van der Waals surface area contributed by atoms with Crippen molar-refractivity contribution in [3.8, 4) is 17.2 Å². The number of para-hydroxylation sites is 3. The van der Waals surface area contributed by atoms with Crippen molar-refractivity contribution in [2.24, 2.45) is 0 Å². The molecule has 0 radical (unpaired) electrons. The number of amides is 1. The molecule has 0 spiro atoms. The maximum absolute atomic E-state index is 12.4. The van der Waals surface area contributed by atoms with Crippen LogP contribution in [0.25, 0.3) is 0 Å². The number of aryl methyl sites for hydroxylation is 2. The van der Waals surface area contributed by atoms with Gasteiger partial charge in [0.15, 0.2) is 11.5 Å². The lowest BCUT2D eigenvalue weighted by molar-refractivity contribution is -0.133. The van der Waals surface area contributed by atoms with Crippen molar-refractivity contribution in [2.75, 3.05) is 13.2 Å². The first kappa shape index (κ1) is 17.1. The molecule has 1 heterocycles. The maximum Gasteiger partial charge on any atom is 0.265 e. The minimum atomic E-state index is -0.671. The van der Waals surface area contributed by atoms with E-state index in [4.69, 9.17) is 14.2 Å². The molecule has 132 valence electrons. The zero-order valence-electron chi connectivity index (χ0n) is 14.7. The van der Waals surface area contributed by atoms with Gasteiger partial charge in [0.25, 0.3) is 5.91 Å². The Bertz CT molecular complexity index is 739. The van der Waals surface area contributed by atoms with Crippen molar-refractivity contribution >= 4 is 5.91 Å². The summed E-state index contributed by atoms with van der Waals surface area (Å²) in [6, 6.07) is 13.4. The molecule has 25 heavy (non-hydrogen) atoms. The zero-order chi connectivity index (χ0) is 17.8. The van der Waals surface area contributed by atoms with Crippen molar-refractivity contribution in [1.29, 1.82) is 0 Å². The lowest BCUT2D eigenvalue weighted by atomic mass is 10.1. The normalized spacial score (nSPS) is 18.5. The molecule has 0 saturated carbocycles. The fraction of sp³-hybridized carbons (Fsp3) is 0.350. The Kier molecular flexibility index (Phi) is 5.12. The third kappa shape index (κ3) is 3.87. The van der Waals surface area contributed by atoms with Crippen LogP contribution in [-0.2, 0) is 4.79 Å². The monoisotopic (exact) mass is 341 g/mol. The second kappa shape index (κ2) is 7.47. The standard InChI is InChI=1S/C20H23NO4/c1-13-7-6-8-14(2)18(13)23-12-11-21-20(22)19-15(3)24-16-9-4-5-10-17(16)25-19/h4-10,15,19H,11-12H2,1-3H3,(H,21,22)/t15-,19-/m0/s1. The Morgan fingerprint density at radius 3 is 2.36 bits per heavy atom. The van der Waals surface area contributed by atoms with Gasteiger partial charge in [-0.15, -0.1) is 0 Å². The van der Waals surface area contributed by atoms with Gasteiger partial charge in [-0.25, -0.2) is 0 Å². The number of nitrogens with one attached hydrogen (secondary N) is 1. The molecule has 0 fully saturated rings. The van der Waals surface area contributed by atoms with Crippen LogP contribution in [0.4, 0.5) is 0 Å². The van der Waals surface area contributed by atoms with Gasteiger partial charge in [-0.05, 0) is 44.0 Å². The summed E-state index contributed by atoms with van der Waals surface area (Å²) in [4.78, 5) is 12.4. The molecular formula is C20H23NO4. The summed E-state index contributed by atoms with van der Waals surface area (Å²) in [6.07, 6.45) is -1.02. The van der Waals surface area contributed by atoms with Crippen molar-refractivity contribution in [3.05, 3.63) is 53.6 Å². The predicted octanol–water partition coefficient (Wildman–Crippen LogP) is 3.03. The molecule has 0 aliphatic carbocycles. The summed E-state index contributed by atoms with van der Waals surface area (Å²) >= 11 is 0. The quantitative estimate of drug-likeness (QED) is 0.850. The van der Waals surface area contributed by atoms with Gasteiger partial charge in [0, 0.05) is 0 Å². The van der Waals surface area contributed by atoms with Gasteiger partial charge in [0.05, 0.1) is 6.54 Å². The molecule has 1 N–H and O–H groups in total. The highest BCUT2D eigenvalue weighted by Gasteiger charge is 2.33. The first-order valence-electron chi connectivity index (χ1n) is 8.45. The Morgan fingerprint density at radius 1 is 1.04 bits per heavy atom. The average Bonchev–Trinajstić information content (AvgIpc) is 2.60. The fourth-order valence-corrected chi connectivity index (χ4v) is 2.86. The van der Waals surface area contributed by atoms with E-state index in [1.807, 2.05) is 57.2 Å². The van der Waals surface area contributed by atoms with E-state index in [0.29, 0.717) is 24.7 Å². The molecule has 0 bridgehead atoms. The van der Waals surface area contributed by atoms with Crippen LogP contribution in [0, 0.1) is 13.8 Å². The predicted molar refractivity (Wildman–Crippen MR) is 95.4 cm³/mol. The van der Waals surface area contributed by atoms with Crippen LogP contribution in [0.15, 0.2) is 42.5 Å². The van der Waals surface area contributed by atoms with Gasteiger partial charge in [-0.2, -0.15) is 0 Å². The van der Waals surface area contributed by atoms with Gasteiger partial charge < -0.3 is 19.5 Å². The van der Waals surface area contributed by atoms with Gasteiger partial charge in [0.2, 0.25) is 6.10 Å². The average molecular weight is 341 g/mol. The van der Waals surface area contributed by atoms with Crippen LogP contribution in [0.3, 0.4) is 0 Å². The van der Waals surface area contributed by atoms with E-state index in [1.165, 1.54) is 0 Å². The summed E-state index contributed by atoms with van der Waals surface area (Å²) in [5, 5.41) is 2.85. The van der Waals surface area contributed by atoms with Crippen LogP contribution < -0.4 is 19.5 Å². The van der Waals surface area contributed by atoms with E-state index in [1.54, 1.807) is 6.07 Å². The minimum Gasteiger partial charge on any atom is -0.491 e. The van der Waals surface area contributed by atoms with E-state index >= 15 is 0 Å². The van der Waals surface area contributed by atoms with Gasteiger partial charge in [-0.3, -0.25) is 4.79 Å². The molecule has 1 aliphatic rings. The molecule has 1 aliphatic heterocycles. The number of rotatable bonds is 5. The molecule has 0 saturated heterocycles. The van der Waals surface area contributed by atoms with Crippen LogP contribution in [0.1, 0.15) is 18.1 Å². The summed E-state index contributed by atoms with van der Waals surface area (Å²) in [5.74, 6) is 1.92. The molecule has 2 aromatic carbocycles. The van der Waals surface area contributed by atoms with E-state index in [9.17, 15) is 4.79 Å². The summed E-state index contributed by atoms with van der Waals surface area (Å²) in [5.41, 5.74) is 2.17. The molecule has 0 unspecified atom stereocenters. The number of hydrogen-bond acceptors (Lipinski definition) is 4. The van der Waals surface area contributed by atoms with E-state index in [-0.39, 0.29) is 12.0 Å². The molecule has 2 atom stereocenters. The van der Waals surface area contributed by atoms with Crippen LogP contribution >= 0.6 is 0 Å². The second-order valence-corrected chi connectivity index (χ2v) is 6.17. The highest BCUT2D eigenvalue weighted by atomic mass is 16.6. The Morgan fingerprint density at radius 2 is 1.68 bits per heavy atom. The van der Waals surface area contributed by atoms with Crippen LogP contribution in [0.5, 0.6) is 17.2 Å². The van der Waals surface area contributed by atoms with E-state index in [0.717, 1.165) is 16.9 Å². The third-order valence-corrected chi connectivity index (χ3v) is 4.16. The first-order valence-corrected chi connectivity index (χ1v) is 8.45. The van der Waals surface area contributed by atoms with Crippen LogP contribution in [-0.4, -0.2) is 31.3 Å². The smallest absolute Gasteiger partial charge is 0.265 e. The Hall–Kier alpha value is -2.69. The third-order valence-electron chi connectivity index (χ3n) is 4.16. The minimum absolute atomic E-state index is 0.202. The SMILES string of the molecule is Cc1cccc(C)c1OCCNC(=O)[C@H]1Oc2ccccc2O[C@H]1C. The molecule has 3 rings (SSSR count). The highest BCUT2D eigenvalue weighted by molar-refractivity contribution is 5.82. The number of hydrogen-bond donors (Lipinski definition) is 1. The molecule has 1 amide bonds. The molecule has 2 aromatic rings. The largest absolute Gasteiger partial charge is 0.491 e. The Balaban J connectivity index is 1.51. The first-order chi connectivity index (χ1) is 12.1. The van der Waals surface area contributed by atoms with E-state index < -0.39 is 6.10 Å². The number of carbonyl (C=O) groups is 1.